The molecule has 140 valence electrons. The monoisotopic (exact) mass is 357 g/mol. The van der Waals surface area contributed by atoms with E-state index in [0.29, 0.717) is 18.0 Å². The van der Waals surface area contributed by atoms with Crippen LogP contribution in [-0.2, 0) is 17.9 Å². The van der Waals surface area contributed by atoms with E-state index in [9.17, 15) is 4.39 Å². The van der Waals surface area contributed by atoms with Crippen molar-refractivity contribution in [1.29, 1.82) is 0 Å². The second-order valence-corrected chi connectivity index (χ2v) is 6.48. The Morgan fingerprint density at radius 1 is 1.19 bits per heavy atom. The molecule has 26 heavy (non-hydrogen) atoms. The maximum Gasteiger partial charge on any atom is 0.191 e. The van der Waals surface area contributed by atoms with Crippen LogP contribution < -0.4 is 10.6 Å². The minimum Gasteiger partial charge on any atom is -0.380 e. The Labute approximate surface area is 155 Å². The first-order chi connectivity index (χ1) is 12.5. The van der Waals surface area contributed by atoms with Crippen LogP contribution in [-0.4, -0.2) is 26.7 Å². The number of hydrogen-bond donors (Lipinski definition) is 2. The van der Waals surface area contributed by atoms with Gasteiger partial charge in [0.25, 0.3) is 0 Å². The Morgan fingerprint density at radius 3 is 2.69 bits per heavy atom. The molecule has 2 N–H and O–H groups in total. The van der Waals surface area contributed by atoms with Crippen molar-refractivity contribution in [2.45, 2.75) is 32.9 Å². The summed E-state index contributed by atoms with van der Waals surface area (Å²) >= 11 is 0. The molecular weight excluding hydrogens is 329 g/mol. The van der Waals surface area contributed by atoms with E-state index in [-0.39, 0.29) is 12.4 Å². The first-order valence-corrected chi connectivity index (χ1v) is 8.80. The number of methoxy groups -OCH3 is 1. The van der Waals surface area contributed by atoms with E-state index in [2.05, 4.69) is 53.7 Å². The largest absolute Gasteiger partial charge is 0.380 e. The minimum atomic E-state index is -0.245. The normalized spacial score (nSPS) is 12.7. The van der Waals surface area contributed by atoms with Gasteiger partial charge in [-0.15, -0.1) is 0 Å². The summed E-state index contributed by atoms with van der Waals surface area (Å²) in [5.74, 6) is 0.847. The molecule has 4 nitrogen and oxygen atoms in total. The maximum absolute atomic E-state index is 13.7. The second kappa shape index (κ2) is 9.92. The zero-order valence-corrected chi connectivity index (χ0v) is 16.0. The number of nitrogens with one attached hydrogen (secondary N) is 2. The molecule has 0 aliphatic rings. The molecule has 2 rings (SSSR count). The predicted molar refractivity (Wildman–Crippen MR) is 105 cm³/mol. The van der Waals surface area contributed by atoms with Crippen LogP contribution in [0.2, 0.25) is 0 Å². The third-order valence-corrected chi connectivity index (χ3v) is 4.28. The van der Waals surface area contributed by atoms with Crippen LogP contribution in [0.4, 0.5) is 4.39 Å². The van der Waals surface area contributed by atoms with E-state index in [1.54, 1.807) is 20.2 Å². The van der Waals surface area contributed by atoms with Crippen molar-refractivity contribution < 1.29 is 9.13 Å². The van der Waals surface area contributed by atoms with Gasteiger partial charge in [-0.1, -0.05) is 42.8 Å². The zero-order valence-electron chi connectivity index (χ0n) is 16.0. The van der Waals surface area contributed by atoms with E-state index < -0.39 is 0 Å². The van der Waals surface area contributed by atoms with Gasteiger partial charge in [-0.25, -0.2) is 4.39 Å². The molecule has 1 atom stereocenters. The topological polar surface area (TPSA) is 45.7 Å². The van der Waals surface area contributed by atoms with Crippen LogP contribution in [0.1, 0.15) is 35.1 Å². The Bertz CT molecular complexity index is 746. The fraction of sp³-hybridized carbons (Fsp3) is 0.381. The fourth-order valence-corrected chi connectivity index (χ4v) is 2.75. The molecule has 0 amide bonds. The minimum absolute atomic E-state index is 0.245. The summed E-state index contributed by atoms with van der Waals surface area (Å²) in [6, 6.07) is 13.6. The number of halogens is 1. The molecule has 0 aliphatic carbocycles. The van der Waals surface area contributed by atoms with Crippen LogP contribution >= 0.6 is 0 Å². The van der Waals surface area contributed by atoms with E-state index in [1.807, 2.05) is 6.07 Å². The van der Waals surface area contributed by atoms with Gasteiger partial charge >= 0.3 is 0 Å². The first kappa shape index (κ1) is 19.9. The van der Waals surface area contributed by atoms with E-state index in [1.165, 1.54) is 17.2 Å². The van der Waals surface area contributed by atoms with Gasteiger partial charge in [-0.2, -0.15) is 0 Å². The highest BCUT2D eigenvalue weighted by Gasteiger charge is 2.08. The fourth-order valence-electron chi connectivity index (χ4n) is 2.75. The zero-order chi connectivity index (χ0) is 18.9. The van der Waals surface area contributed by atoms with Gasteiger partial charge in [0.2, 0.25) is 0 Å². The SMILES string of the molecule is CN=C(NCc1ccc(F)c(COC)c1)NCC(C)c1cccc(C)c1. The van der Waals surface area contributed by atoms with Gasteiger partial charge in [0.1, 0.15) is 5.82 Å². The first-order valence-electron chi connectivity index (χ1n) is 8.80. The van der Waals surface area contributed by atoms with Gasteiger partial charge in [0, 0.05) is 32.8 Å². The van der Waals surface area contributed by atoms with Crippen molar-refractivity contribution in [1.82, 2.24) is 10.6 Å². The summed E-state index contributed by atoms with van der Waals surface area (Å²) in [4.78, 5) is 4.26. The molecule has 0 heterocycles. The van der Waals surface area contributed by atoms with Crippen molar-refractivity contribution in [3.63, 3.8) is 0 Å². The lowest BCUT2D eigenvalue weighted by atomic mass is 9.99. The summed E-state index contributed by atoms with van der Waals surface area (Å²) < 4.78 is 18.7. The van der Waals surface area contributed by atoms with Gasteiger partial charge in [0.05, 0.1) is 6.61 Å². The lowest BCUT2D eigenvalue weighted by Gasteiger charge is -2.17. The molecule has 5 heteroatoms. The van der Waals surface area contributed by atoms with Gasteiger partial charge < -0.3 is 15.4 Å². The van der Waals surface area contributed by atoms with E-state index in [4.69, 9.17) is 4.74 Å². The summed E-state index contributed by atoms with van der Waals surface area (Å²) in [6.45, 7) is 5.90. The highest BCUT2D eigenvalue weighted by molar-refractivity contribution is 5.79. The molecule has 0 fully saturated rings. The average Bonchev–Trinajstić information content (AvgIpc) is 2.64. The molecule has 2 aromatic carbocycles. The number of aliphatic imine (C=N–C) groups is 1. The number of ether oxygens (including phenoxy) is 1. The summed E-state index contributed by atoms with van der Waals surface area (Å²) in [6.07, 6.45) is 0. The highest BCUT2D eigenvalue weighted by Crippen LogP contribution is 2.15. The standard InChI is InChI=1S/C21H28FN3O/c1-15-6-5-7-18(10-15)16(2)12-24-21(23-3)25-13-17-8-9-20(22)19(11-17)14-26-4/h5-11,16H,12-14H2,1-4H3,(H2,23,24,25). The van der Waals surface area contributed by atoms with E-state index >= 15 is 0 Å². The number of hydrogen-bond acceptors (Lipinski definition) is 2. The predicted octanol–water partition coefficient (Wildman–Crippen LogP) is 3.75. The lowest BCUT2D eigenvalue weighted by molar-refractivity contribution is 0.181. The lowest BCUT2D eigenvalue weighted by Crippen LogP contribution is -2.38. The number of nitrogens with zero attached hydrogens (tertiary/aromatic N) is 1. The number of benzene rings is 2. The maximum atomic E-state index is 13.7. The molecule has 1 unspecified atom stereocenters. The van der Waals surface area contributed by atoms with Crippen LogP contribution in [0.25, 0.3) is 0 Å². The molecule has 0 bridgehead atoms. The molecule has 0 saturated carbocycles. The van der Waals surface area contributed by atoms with Crippen molar-refractivity contribution in [2.75, 3.05) is 20.7 Å². The Hall–Kier alpha value is -2.40. The molecule has 0 saturated heterocycles. The molecule has 0 spiro atoms. The van der Waals surface area contributed by atoms with Crippen molar-refractivity contribution in [3.8, 4) is 0 Å². The van der Waals surface area contributed by atoms with Crippen LogP contribution in [0.5, 0.6) is 0 Å². The number of guanidine groups is 1. The molecule has 0 radical (unpaired) electrons. The quantitative estimate of drug-likeness (QED) is 0.586. The third-order valence-electron chi connectivity index (χ3n) is 4.28. The Morgan fingerprint density at radius 2 is 2.00 bits per heavy atom. The molecular formula is C21H28FN3O. The van der Waals surface area contributed by atoms with Crippen molar-refractivity contribution >= 4 is 5.96 Å². The molecule has 2 aromatic rings. The summed E-state index contributed by atoms with van der Waals surface area (Å²) in [5.41, 5.74) is 4.10. The van der Waals surface area contributed by atoms with Gasteiger partial charge in [-0.3, -0.25) is 4.99 Å². The van der Waals surface area contributed by atoms with Crippen molar-refractivity contribution in [2.24, 2.45) is 4.99 Å². The second-order valence-electron chi connectivity index (χ2n) is 6.48. The highest BCUT2D eigenvalue weighted by atomic mass is 19.1. The van der Waals surface area contributed by atoms with E-state index in [0.717, 1.165) is 18.1 Å². The Kier molecular flexibility index (Phi) is 7.60. The summed E-state index contributed by atoms with van der Waals surface area (Å²) in [5, 5.41) is 6.62. The Balaban J connectivity index is 1.89. The number of rotatable bonds is 7. The van der Waals surface area contributed by atoms with Crippen molar-refractivity contribution in [3.05, 3.63) is 70.5 Å². The average molecular weight is 357 g/mol. The third kappa shape index (κ3) is 5.85. The summed E-state index contributed by atoms with van der Waals surface area (Å²) in [7, 11) is 3.30. The molecule has 0 aromatic heterocycles. The van der Waals surface area contributed by atoms with Crippen LogP contribution in [0.15, 0.2) is 47.5 Å². The van der Waals surface area contributed by atoms with Crippen LogP contribution in [0, 0.1) is 12.7 Å². The molecule has 0 aliphatic heterocycles. The van der Waals surface area contributed by atoms with Gasteiger partial charge in [0.15, 0.2) is 5.96 Å². The van der Waals surface area contributed by atoms with Gasteiger partial charge in [-0.05, 0) is 36.1 Å². The van der Waals surface area contributed by atoms with Crippen LogP contribution in [0.3, 0.4) is 0 Å². The smallest absolute Gasteiger partial charge is 0.191 e. The number of aryl methyl sites for hydroxylation is 1.